The Bertz CT molecular complexity index is 347. The summed E-state index contributed by atoms with van der Waals surface area (Å²) in [7, 11) is 0. The molecule has 0 aliphatic rings. The van der Waals surface area contributed by atoms with Crippen molar-refractivity contribution in [1.82, 2.24) is 0 Å². The Labute approximate surface area is 92.3 Å². The van der Waals surface area contributed by atoms with Crippen molar-refractivity contribution in [3.63, 3.8) is 0 Å². The van der Waals surface area contributed by atoms with Crippen molar-refractivity contribution in [3.05, 3.63) is 42.0 Å². The van der Waals surface area contributed by atoms with Crippen molar-refractivity contribution in [3.8, 4) is 0 Å². The predicted molar refractivity (Wildman–Crippen MR) is 67.3 cm³/mol. The molecule has 0 saturated heterocycles. The maximum Gasteiger partial charge on any atom is 0.0370 e. The Balaban J connectivity index is 2.71. The van der Waals surface area contributed by atoms with Gasteiger partial charge in [0.2, 0.25) is 0 Å². The number of hydrogen-bond acceptors (Lipinski definition) is 1. The van der Waals surface area contributed by atoms with Gasteiger partial charge in [0.15, 0.2) is 0 Å². The standard InChI is InChI=1S/C14H19N/c1-4-14(2,3)13(15)11-10-12-8-6-5-7-9-12/h5-11,15H,4H2,1-3H3/b11-10+,15-13?. The van der Waals surface area contributed by atoms with Crippen molar-refractivity contribution >= 4 is 11.8 Å². The van der Waals surface area contributed by atoms with Crippen molar-refractivity contribution < 1.29 is 0 Å². The van der Waals surface area contributed by atoms with Gasteiger partial charge in [-0.2, -0.15) is 0 Å². The van der Waals surface area contributed by atoms with Crippen LogP contribution in [0.3, 0.4) is 0 Å². The van der Waals surface area contributed by atoms with Gasteiger partial charge in [-0.15, -0.1) is 0 Å². The molecule has 0 amide bonds. The Hall–Kier alpha value is -1.37. The number of hydrogen-bond donors (Lipinski definition) is 1. The summed E-state index contributed by atoms with van der Waals surface area (Å²) in [6.45, 7) is 6.32. The number of allylic oxidation sites excluding steroid dienone is 1. The lowest BCUT2D eigenvalue weighted by molar-refractivity contribution is 0.503. The second-order valence-electron chi connectivity index (χ2n) is 4.40. The summed E-state index contributed by atoms with van der Waals surface area (Å²) in [5.74, 6) is 0. The van der Waals surface area contributed by atoms with Crippen LogP contribution in [0.15, 0.2) is 36.4 Å². The molecule has 0 bridgehead atoms. The summed E-state index contributed by atoms with van der Waals surface area (Å²) in [4.78, 5) is 0. The maximum absolute atomic E-state index is 7.95. The summed E-state index contributed by atoms with van der Waals surface area (Å²) in [5, 5.41) is 7.95. The predicted octanol–water partition coefficient (Wildman–Crippen LogP) is 4.16. The molecule has 0 spiro atoms. The highest BCUT2D eigenvalue weighted by Gasteiger charge is 2.18. The monoisotopic (exact) mass is 201 g/mol. The average Bonchev–Trinajstić information content (AvgIpc) is 2.27. The van der Waals surface area contributed by atoms with Gasteiger partial charge in [0.1, 0.15) is 0 Å². The molecule has 1 N–H and O–H groups in total. The smallest absolute Gasteiger partial charge is 0.0370 e. The molecule has 0 saturated carbocycles. The van der Waals surface area contributed by atoms with Crippen LogP contribution in [0, 0.1) is 10.8 Å². The highest BCUT2D eigenvalue weighted by atomic mass is 14.5. The van der Waals surface area contributed by atoms with E-state index in [1.807, 2.05) is 42.5 Å². The summed E-state index contributed by atoms with van der Waals surface area (Å²) >= 11 is 0. The van der Waals surface area contributed by atoms with Crippen LogP contribution < -0.4 is 0 Å². The zero-order valence-corrected chi connectivity index (χ0v) is 9.75. The molecular formula is C14H19N. The normalized spacial score (nSPS) is 11.9. The summed E-state index contributed by atoms with van der Waals surface area (Å²) in [6.07, 6.45) is 4.89. The van der Waals surface area contributed by atoms with Crippen LogP contribution in [0.5, 0.6) is 0 Å². The molecule has 80 valence electrons. The second-order valence-corrected chi connectivity index (χ2v) is 4.40. The third kappa shape index (κ3) is 3.35. The van der Waals surface area contributed by atoms with Gasteiger partial charge in [-0.3, -0.25) is 0 Å². The van der Waals surface area contributed by atoms with E-state index in [1.54, 1.807) is 0 Å². The van der Waals surface area contributed by atoms with Gasteiger partial charge < -0.3 is 5.41 Å². The first kappa shape index (κ1) is 11.7. The molecule has 0 aliphatic carbocycles. The molecule has 0 atom stereocenters. The fourth-order valence-corrected chi connectivity index (χ4v) is 1.16. The largest absolute Gasteiger partial charge is 0.305 e. The van der Waals surface area contributed by atoms with E-state index in [0.29, 0.717) is 5.71 Å². The molecule has 1 aromatic rings. The fraction of sp³-hybridized carbons (Fsp3) is 0.357. The third-order valence-electron chi connectivity index (χ3n) is 2.86. The highest BCUT2D eigenvalue weighted by molar-refractivity contribution is 5.99. The lowest BCUT2D eigenvalue weighted by atomic mass is 9.84. The first-order valence-corrected chi connectivity index (χ1v) is 5.38. The SMILES string of the molecule is CCC(C)(C)C(=N)/C=C/c1ccccc1. The summed E-state index contributed by atoms with van der Waals surface area (Å²) in [6, 6.07) is 10.1. The van der Waals surface area contributed by atoms with E-state index >= 15 is 0 Å². The van der Waals surface area contributed by atoms with Crippen LogP contribution in [0.4, 0.5) is 0 Å². The molecule has 0 fully saturated rings. The molecule has 1 heteroatoms. The minimum absolute atomic E-state index is 0.0225. The van der Waals surface area contributed by atoms with Crippen molar-refractivity contribution in [2.24, 2.45) is 5.41 Å². The molecule has 1 nitrogen and oxygen atoms in total. The number of benzene rings is 1. The molecule has 0 radical (unpaired) electrons. The lowest BCUT2D eigenvalue weighted by Gasteiger charge is -2.21. The second kappa shape index (κ2) is 4.92. The van der Waals surface area contributed by atoms with E-state index in [1.165, 1.54) is 0 Å². The van der Waals surface area contributed by atoms with Crippen LogP contribution in [0.2, 0.25) is 0 Å². The Morgan fingerprint density at radius 1 is 1.27 bits per heavy atom. The first-order chi connectivity index (χ1) is 7.06. The van der Waals surface area contributed by atoms with Crippen LogP contribution in [0.1, 0.15) is 32.8 Å². The molecule has 0 heterocycles. The van der Waals surface area contributed by atoms with Gasteiger partial charge in [-0.25, -0.2) is 0 Å². The Morgan fingerprint density at radius 2 is 1.87 bits per heavy atom. The average molecular weight is 201 g/mol. The zero-order valence-electron chi connectivity index (χ0n) is 9.75. The van der Waals surface area contributed by atoms with Crippen molar-refractivity contribution in [1.29, 1.82) is 5.41 Å². The van der Waals surface area contributed by atoms with Gasteiger partial charge in [-0.05, 0) is 18.1 Å². The van der Waals surface area contributed by atoms with E-state index in [9.17, 15) is 0 Å². The zero-order chi connectivity index (χ0) is 11.3. The van der Waals surface area contributed by atoms with E-state index < -0.39 is 0 Å². The minimum Gasteiger partial charge on any atom is -0.305 e. The van der Waals surface area contributed by atoms with Crippen LogP contribution in [-0.2, 0) is 0 Å². The molecule has 1 aromatic carbocycles. The lowest BCUT2D eigenvalue weighted by Crippen LogP contribution is -2.20. The first-order valence-electron chi connectivity index (χ1n) is 5.38. The molecule has 1 rings (SSSR count). The van der Waals surface area contributed by atoms with Gasteiger partial charge in [0.05, 0.1) is 0 Å². The number of nitrogens with one attached hydrogen (secondary N) is 1. The minimum atomic E-state index is -0.0225. The number of rotatable bonds is 4. The van der Waals surface area contributed by atoms with Gasteiger partial charge >= 0.3 is 0 Å². The molecule has 0 aromatic heterocycles. The van der Waals surface area contributed by atoms with Crippen LogP contribution in [-0.4, -0.2) is 5.71 Å². The van der Waals surface area contributed by atoms with E-state index in [2.05, 4.69) is 20.8 Å². The van der Waals surface area contributed by atoms with Crippen LogP contribution in [0.25, 0.3) is 6.08 Å². The fourth-order valence-electron chi connectivity index (χ4n) is 1.16. The van der Waals surface area contributed by atoms with Gasteiger partial charge in [0, 0.05) is 11.1 Å². The van der Waals surface area contributed by atoms with Gasteiger partial charge in [0.25, 0.3) is 0 Å². The van der Waals surface area contributed by atoms with Gasteiger partial charge in [-0.1, -0.05) is 57.2 Å². The topological polar surface area (TPSA) is 23.9 Å². The van der Waals surface area contributed by atoms with E-state index in [4.69, 9.17) is 5.41 Å². The summed E-state index contributed by atoms with van der Waals surface area (Å²) in [5.41, 5.74) is 1.81. The molecule has 0 aliphatic heterocycles. The quantitative estimate of drug-likeness (QED) is 0.707. The molecule has 15 heavy (non-hydrogen) atoms. The maximum atomic E-state index is 7.95. The van der Waals surface area contributed by atoms with E-state index in [0.717, 1.165) is 12.0 Å². The van der Waals surface area contributed by atoms with E-state index in [-0.39, 0.29) is 5.41 Å². The van der Waals surface area contributed by atoms with Crippen molar-refractivity contribution in [2.75, 3.05) is 0 Å². The highest BCUT2D eigenvalue weighted by Crippen LogP contribution is 2.22. The Kier molecular flexibility index (Phi) is 3.84. The molecular weight excluding hydrogens is 182 g/mol. The summed E-state index contributed by atoms with van der Waals surface area (Å²) < 4.78 is 0. The van der Waals surface area contributed by atoms with Crippen molar-refractivity contribution in [2.45, 2.75) is 27.2 Å². The Morgan fingerprint density at radius 3 is 2.40 bits per heavy atom. The molecule has 0 unspecified atom stereocenters. The van der Waals surface area contributed by atoms with Crippen LogP contribution >= 0.6 is 0 Å². The third-order valence-corrected chi connectivity index (χ3v) is 2.86.